The summed E-state index contributed by atoms with van der Waals surface area (Å²) in [6, 6.07) is 5.88. The molecule has 0 atom stereocenters. The van der Waals surface area contributed by atoms with Gasteiger partial charge in [0.25, 0.3) is 0 Å². The van der Waals surface area contributed by atoms with E-state index in [0.717, 1.165) is 24.0 Å². The number of hydrogen-bond acceptors (Lipinski definition) is 3. The lowest BCUT2D eigenvalue weighted by Crippen LogP contribution is -2.43. The molecule has 1 aliphatic heterocycles. The van der Waals surface area contributed by atoms with Gasteiger partial charge in [-0.15, -0.1) is 0 Å². The van der Waals surface area contributed by atoms with E-state index in [9.17, 15) is 8.42 Å². The Balaban J connectivity index is 2.40. The van der Waals surface area contributed by atoms with Crippen molar-refractivity contribution in [3.63, 3.8) is 0 Å². The molecule has 1 saturated heterocycles. The monoisotopic (exact) mass is 310 g/mol. The molecule has 4 nitrogen and oxygen atoms in total. The zero-order chi connectivity index (χ0) is 15.8. The normalized spacial score (nSPS) is 18.9. The van der Waals surface area contributed by atoms with Crippen molar-refractivity contribution in [2.45, 2.75) is 56.9 Å². The average Bonchev–Trinajstić information content (AvgIpc) is 2.38. The first kappa shape index (κ1) is 16.5. The Kier molecular flexibility index (Phi) is 4.47. The number of rotatable bonds is 2. The number of hydrogen-bond donors (Lipinski definition) is 1. The maximum Gasteiger partial charge on any atom is 0.243 e. The van der Waals surface area contributed by atoms with Crippen molar-refractivity contribution in [3.05, 3.63) is 29.3 Å². The summed E-state index contributed by atoms with van der Waals surface area (Å²) in [5, 5.41) is 0. The summed E-state index contributed by atoms with van der Waals surface area (Å²) in [4.78, 5) is 0.436. The van der Waals surface area contributed by atoms with E-state index in [4.69, 9.17) is 5.73 Å². The fraction of sp³-hybridized carbons (Fsp3) is 0.625. The third kappa shape index (κ3) is 3.47. The summed E-state index contributed by atoms with van der Waals surface area (Å²) in [6.07, 6.45) is 1.47. The second-order valence-corrected chi connectivity index (χ2v) is 8.88. The van der Waals surface area contributed by atoms with Crippen molar-refractivity contribution >= 4 is 10.0 Å². The lowest BCUT2D eigenvalue weighted by molar-refractivity contribution is 0.320. The van der Waals surface area contributed by atoms with Crippen LogP contribution in [-0.2, 0) is 15.4 Å². The van der Waals surface area contributed by atoms with Gasteiger partial charge in [0.15, 0.2) is 0 Å². The number of nitrogens with zero attached hydrogens (tertiary/aromatic N) is 1. The van der Waals surface area contributed by atoms with Crippen LogP contribution in [0.1, 0.15) is 44.7 Å². The predicted octanol–water partition coefficient (Wildman–Crippen LogP) is 2.40. The molecule has 1 fully saturated rings. The molecular weight excluding hydrogens is 284 g/mol. The molecule has 5 heteroatoms. The van der Waals surface area contributed by atoms with Gasteiger partial charge < -0.3 is 5.73 Å². The minimum atomic E-state index is -3.42. The number of nitrogens with two attached hydrogens (primary N) is 1. The van der Waals surface area contributed by atoms with Gasteiger partial charge >= 0.3 is 0 Å². The SMILES string of the molecule is Cc1ccc(C(C)(C)C)cc1S(=O)(=O)N1CCC(N)CC1. The van der Waals surface area contributed by atoms with Crippen molar-refractivity contribution in [2.75, 3.05) is 13.1 Å². The highest BCUT2D eigenvalue weighted by Gasteiger charge is 2.30. The largest absolute Gasteiger partial charge is 0.328 e. The van der Waals surface area contributed by atoms with Crippen LogP contribution in [0.25, 0.3) is 0 Å². The summed E-state index contributed by atoms with van der Waals surface area (Å²) >= 11 is 0. The van der Waals surface area contributed by atoms with Gasteiger partial charge in [0.2, 0.25) is 10.0 Å². The summed E-state index contributed by atoms with van der Waals surface area (Å²) in [6.45, 7) is 9.16. The van der Waals surface area contributed by atoms with E-state index in [1.807, 2.05) is 25.1 Å². The van der Waals surface area contributed by atoms with E-state index >= 15 is 0 Å². The number of aryl methyl sites for hydroxylation is 1. The van der Waals surface area contributed by atoms with Gasteiger partial charge in [-0.1, -0.05) is 32.9 Å². The summed E-state index contributed by atoms with van der Waals surface area (Å²) in [5.41, 5.74) is 7.65. The Morgan fingerprint density at radius 1 is 1.19 bits per heavy atom. The van der Waals surface area contributed by atoms with Gasteiger partial charge in [-0.2, -0.15) is 4.31 Å². The topological polar surface area (TPSA) is 63.4 Å². The van der Waals surface area contributed by atoms with Crippen LogP contribution in [-0.4, -0.2) is 31.9 Å². The van der Waals surface area contributed by atoms with Gasteiger partial charge in [0.05, 0.1) is 4.90 Å². The van der Waals surface area contributed by atoms with Crippen LogP contribution in [0.15, 0.2) is 23.1 Å². The predicted molar refractivity (Wildman–Crippen MR) is 85.8 cm³/mol. The van der Waals surface area contributed by atoms with Crippen LogP contribution >= 0.6 is 0 Å². The van der Waals surface area contributed by atoms with Gasteiger partial charge in [-0.05, 0) is 42.4 Å². The second-order valence-electron chi connectivity index (χ2n) is 6.97. The Morgan fingerprint density at radius 2 is 1.76 bits per heavy atom. The average molecular weight is 310 g/mol. The van der Waals surface area contributed by atoms with Gasteiger partial charge in [0, 0.05) is 19.1 Å². The van der Waals surface area contributed by atoms with Gasteiger partial charge in [-0.3, -0.25) is 0 Å². The Labute approximate surface area is 128 Å². The first-order valence-corrected chi connectivity index (χ1v) is 8.93. The molecule has 0 spiro atoms. The molecule has 1 heterocycles. The van der Waals surface area contributed by atoms with Crippen molar-refractivity contribution < 1.29 is 8.42 Å². The molecule has 1 aromatic rings. The van der Waals surface area contributed by atoms with E-state index < -0.39 is 10.0 Å². The molecule has 2 N–H and O–H groups in total. The molecule has 0 aromatic heterocycles. The highest BCUT2D eigenvalue weighted by atomic mass is 32.2. The minimum Gasteiger partial charge on any atom is -0.328 e. The second kappa shape index (κ2) is 5.71. The zero-order valence-corrected chi connectivity index (χ0v) is 14.2. The number of benzene rings is 1. The van der Waals surface area contributed by atoms with Crippen molar-refractivity contribution in [1.29, 1.82) is 0 Å². The van der Waals surface area contributed by atoms with E-state index in [2.05, 4.69) is 20.8 Å². The highest BCUT2D eigenvalue weighted by molar-refractivity contribution is 7.89. The first-order chi connectivity index (χ1) is 9.62. The maximum atomic E-state index is 12.9. The van der Waals surface area contributed by atoms with Crippen molar-refractivity contribution in [3.8, 4) is 0 Å². The molecule has 1 aliphatic rings. The van der Waals surface area contributed by atoms with E-state index in [1.165, 1.54) is 0 Å². The summed E-state index contributed by atoms with van der Waals surface area (Å²) < 4.78 is 27.3. The first-order valence-electron chi connectivity index (χ1n) is 7.49. The molecule has 0 saturated carbocycles. The Morgan fingerprint density at radius 3 is 2.29 bits per heavy atom. The van der Waals surface area contributed by atoms with Gasteiger partial charge in [0.1, 0.15) is 0 Å². The van der Waals surface area contributed by atoms with Crippen LogP contribution in [0.2, 0.25) is 0 Å². The summed E-state index contributed by atoms with van der Waals surface area (Å²) in [5.74, 6) is 0. The smallest absolute Gasteiger partial charge is 0.243 e. The van der Waals surface area contributed by atoms with Crippen LogP contribution in [0.5, 0.6) is 0 Å². The molecule has 0 aliphatic carbocycles. The van der Waals surface area contributed by atoms with Crippen LogP contribution in [0.4, 0.5) is 0 Å². The van der Waals surface area contributed by atoms with Crippen molar-refractivity contribution in [2.24, 2.45) is 5.73 Å². The summed E-state index contributed by atoms with van der Waals surface area (Å²) in [7, 11) is -3.42. The van der Waals surface area contributed by atoms with E-state index in [1.54, 1.807) is 4.31 Å². The van der Waals surface area contributed by atoms with Crippen LogP contribution in [0, 0.1) is 6.92 Å². The Bertz CT molecular complexity index is 610. The molecule has 0 bridgehead atoms. The van der Waals surface area contributed by atoms with Crippen LogP contribution in [0.3, 0.4) is 0 Å². The van der Waals surface area contributed by atoms with E-state index in [-0.39, 0.29) is 11.5 Å². The van der Waals surface area contributed by atoms with Crippen LogP contribution < -0.4 is 5.73 Å². The molecule has 2 rings (SSSR count). The minimum absolute atomic E-state index is 0.0672. The molecule has 118 valence electrons. The molecule has 21 heavy (non-hydrogen) atoms. The van der Waals surface area contributed by atoms with Gasteiger partial charge in [-0.25, -0.2) is 8.42 Å². The van der Waals surface area contributed by atoms with E-state index in [0.29, 0.717) is 18.0 Å². The van der Waals surface area contributed by atoms with Crippen molar-refractivity contribution in [1.82, 2.24) is 4.31 Å². The standard InChI is InChI=1S/C16H26N2O2S/c1-12-5-6-13(16(2,3)4)11-15(12)21(19,20)18-9-7-14(17)8-10-18/h5-6,11,14H,7-10,17H2,1-4H3. The number of sulfonamides is 1. The maximum absolute atomic E-state index is 12.9. The molecule has 0 radical (unpaired) electrons. The molecular formula is C16H26N2O2S. The molecule has 1 aromatic carbocycles. The molecule has 0 amide bonds. The third-order valence-corrected chi connectivity index (χ3v) is 6.21. The molecule has 0 unspecified atom stereocenters. The fourth-order valence-electron chi connectivity index (χ4n) is 2.60. The third-order valence-electron chi connectivity index (χ3n) is 4.17. The zero-order valence-electron chi connectivity index (χ0n) is 13.4. The fourth-order valence-corrected chi connectivity index (χ4v) is 4.32. The quantitative estimate of drug-likeness (QED) is 0.912. The highest BCUT2D eigenvalue weighted by Crippen LogP contribution is 2.29. The Hall–Kier alpha value is -0.910. The number of piperidine rings is 1. The lowest BCUT2D eigenvalue weighted by atomic mass is 9.87. The lowest BCUT2D eigenvalue weighted by Gasteiger charge is -2.30.